The first-order valence-corrected chi connectivity index (χ1v) is 16.3. The van der Waals surface area contributed by atoms with E-state index in [1.807, 2.05) is 51.1 Å². The van der Waals surface area contributed by atoms with Crippen LogP contribution >= 0.6 is 11.6 Å². The van der Waals surface area contributed by atoms with Crippen LogP contribution in [-0.2, 0) is 32.5 Å². The lowest BCUT2D eigenvalue weighted by Crippen LogP contribution is -2.34. The molecule has 0 aliphatic carbocycles. The van der Waals surface area contributed by atoms with Gasteiger partial charge in [-0.05, 0) is 40.8 Å². The van der Waals surface area contributed by atoms with Crippen LogP contribution in [-0.4, -0.2) is 52.5 Å². The van der Waals surface area contributed by atoms with Gasteiger partial charge in [-0.15, -0.1) is 0 Å². The molecule has 0 aliphatic heterocycles. The van der Waals surface area contributed by atoms with Crippen LogP contribution in [0.5, 0.6) is 0 Å². The van der Waals surface area contributed by atoms with E-state index in [2.05, 4.69) is 10.6 Å². The largest absolute Gasteiger partial charge is 0.377 e. The van der Waals surface area contributed by atoms with Crippen LogP contribution in [0, 0.1) is 5.41 Å². The second-order valence-corrected chi connectivity index (χ2v) is 14.6. The van der Waals surface area contributed by atoms with Crippen LogP contribution in [0.1, 0.15) is 55.6 Å². The number of hydrogen-bond acceptors (Lipinski definition) is 6. The van der Waals surface area contributed by atoms with E-state index in [1.165, 1.54) is 24.0 Å². The molecule has 236 valence electrons. The van der Waals surface area contributed by atoms with Crippen molar-refractivity contribution in [2.24, 2.45) is 5.41 Å². The van der Waals surface area contributed by atoms with Crippen molar-refractivity contribution in [3.8, 4) is 0 Å². The molecule has 0 saturated heterocycles. The molecule has 0 unspecified atom stereocenters. The first kappa shape index (κ1) is 34.6. The highest BCUT2D eigenvalue weighted by atomic mass is 35.5. The predicted molar refractivity (Wildman–Crippen MR) is 176 cm³/mol. The molecule has 11 heteroatoms. The van der Waals surface area contributed by atoms with Gasteiger partial charge in [-0.25, -0.2) is 8.42 Å². The monoisotopic (exact) mass is 640 g/mol. The molecule has 0 radical (unpaired) electrons. The normalized spacial score (nSPS) is 11.5. The minimum absolute atomic E-state index is 0.0454. The second kappa shape index (κ2) is 14.7. The van der Waals surface area contributed by atoms with E-state index in [4.69, 9.17) is 11.6 Å². The Balaban J connectivity index is 2.08. The Bertz CT molecular complexity index is 1580. The SMILES string of the molecule is CC(=O)N(Cc1ccc(Cl)cc1)c1cc(C(=O)NCc2ccccc2)c(N(C)C)cc1S(=O)(=O)CCNC(=O)CC(C)(C)C. The van der Waals surface area contributed by atoms with Gasteiger partial charge >= 0.3 is 0 Å². The zero-order chi connectivity index (χ0) is 32.7. The average Bonchev–Trinajstić information content (AvgIpc) is 2.94. The number of nitrogens with zero attached hydrogens (tertiary/aromatic N) is 2. The Morgan fingerprint density at radius 1 is 0.864 bits per heavy atom. The standard InChI is InChI=1S/C33H41ClN4O5S/c1-23(39)38(22-25-12-14-26(34)15-13-25)29-18-27(32(41)36-21-24-10-8-7-9-11-24)28(37(5)6)19-30(29)44(42,43)17-16-35-31(40)20-33(2,3)4/h7-15,18-19H,16-17,20-22H2,1-6H3,(H,35,40)(H,36,41). The van der Waals surface area contributed by atoms with E-state index >= 15 is 0 Å². The molecule has 3 rings (SSSR count). The van der Waals surface area contributed by atoms with Crippen molar-refractivity contribution in [2.75, 3.05) is 36.2 Å². The summed E-state index contributed by atoms with van der Waals surface area (Å²) in [5.41, 5.74) is 2.01. The maximum Gasteiger partial charge on any atom is 0.253 e. The summed E-state index contributed by atoms with van der Waals surface area (Å²) in [7, 11) is -0.628. The molecule has 0 heterocycles. The molecule has 9 nitrogen and oxygen atoms in total. The van der Waals surface area contributed by atoms with Crippen molar-refractivity contribution in [3.63, 3.8) is 0 Å². The maximum absolute atomic E-state index is 13.9. The van der Waals surface area contributed by atoms with Crippen molar-refractivity contribution in [3.05, 3.63) is 88.4 Å². The van der Waals surface area contributed by atoms with E-state index in [1.54, 1.807) is 43.3 Å². The number of rotatable bonds is 12. The molecule has 3 aromatic rings. The summed E-state index contributed by atoms with van der Waals surface area (Å²) in [6.45, 7) is 7.31. The number of hydrogen-bond donors (Lipinski definition) is 2. The number of sulfone groups is 1. The van der Waals surface area contributed by atoms with Crippen molar-refractivity contribution in [2.45, 2.75) is 52.1 Å². The zero-order valence-electron chi connectivity index (χ0n) is 26.1. The molecule has 0 saturated carbocycles. The highest BCUT2D eigenvalue weighted by Gasteiger charge is 2.29. The molecule has 0 bridgehead atoms. The lowest BCUT2D eigenvalue weighted by molar-refractivity contribution is -0.122. The molecular formula is C33H41ClN4O5S. The average molecular weight is 641 g/mol. The van der Waals surface area contributed by atoms with Crippen LogP contribution in [0.25, 0.3) is 0 Å². The summed E-state index contributed by atoms with van der Waals surface area (Å²) >= 11 is 6.06. The Morgan fingerprint density at radius 2 is 1.50 bits per heavy atom. The van der Waals surface area contributed by atoms with Crippen molar-refractivity contribution in [1.29, 1.82) is 0 Å². The summed E-state index contributed by atoms with van der Waals surface area (Å²) in [6, 6.07) is 19.2. The Morgan fingerprint density at radius 3 is 2.07 bits per heavy atom. The zero-order valence-corrected chi connectivity index (χ0v) is 27.7. The van der Waals surface area contributed by atoms with Crippen molar-refractivity contribution >= 4 is 50.5 Å². The summed E-state index contributed by atoms with van der Waals surface area (Å²) in [4.78, 5) is 41.9. The van der Waals surface area contributed by atoms with Gasteiger partial charge in [0.1, 0.15) is 0 Å². The van der Waals surface area contributed by atoms with Crippen molar-refractivity contribution in [1.82, 2.24) is 10.6 Å². The van der Waals surface area contributed by atoms with Gasteiger partial charge in [-0.2, -0.15) is 0 Å². The number of halogens is 1. The van der Waals surface area contributed by atoms with E-state index in [9.17, 15) is 22.8 Å². The van der Waals surface area contributed by atoms with E-state index in [0.717, 1.165) is 5.56 Å². The third kappa shape index (κ3) is 9.82. The van der Waals surface area contributed by atoms with Gasteiger partial charge < -0.3 is 20.4 Å². The van der Waals surface area contributed by atoms with Gasteiger partial charge in [-0.3, -0.25) is 14.4 Å². The first-order chi connectivity index (χ1) is 20.6. The lowest BCUT2D eigenvalue weighted by atomic mass is 9.92. The predicted octanol–water partition coefficient (Wildman–Crippen LogP) is 5.22. The molecule has 0 atom stereocenters. The number of anilines is 2. The number of benzene rings is 3. The molecule has 3 amide bonds. The Hall–Kier alpha value is -3.89. The molecule has 0 aliphatic rings. The van der Waals surface area contributed by atoms with Gasteiger partial charge in [0.05, 0.1) is 34.1 Å². The number of carbonyl (C=O) groups excluding carboxylic acids is 3. The molecule has 0 spiro atoms. The second-order valence-electron chi connectivity index (χ2n) is 12.0. The summed E-state index contributed by atoms with van der Waals surface area (Å²) < 4.78 is 27.8. The highest BCUT2D eigenvalue weighted by molar-refractivity contribution is 7.91. The van der Waals surface area contributed by atoms with Crippen LogP contribution in [0.3, 0.4) is 0 Å². The van der Waals surface area contributed by atoms with Crippen molar-refractivity contribution < 1.29 is 22.8 Å². The fourth-order valence-electron chi connectivity index (χ4n) is 4.56. The van der Waals surface area contributed by atoms with Crippen LogP contribution in [0.4, 0.5) is 11.4 Å². The lowest BCUT2D eigenvalue weighted by Gasteiger charge is -2.27. The third-order valence-corrected chi connectivity index (χ3v) is 8.73. The first-order valence-electron chi connectivity index (χ1n) is 14.3. The van der Waals surface area contributed by atoms with Gasteiger partial charge in [0.25, 0.3) is 5.91 Å². The molecular weight excluding hydrogens is 600 g/mol. The number of nitrogens with one attached hydrogen (secondary N) is 2. The van der Waals surface area contributed by atoms with E-state index in [0.29, 0.717) is 16.3 Å². The van der Waals surface area contributed by atoms with Crippen LogP contribution in [0.15, 0.2) is 71.6 Å². The number of carbonyl (C=O) groups is 3. The minimum Gasteiger partial charge on any atom is -0.377 e. The minimum atomic E-state index is -4.05. The van der Waals surface area contributed by atoms with Gasteiger partial charge in [0.15, 0.2) is 9.84 Å². The molecule has 2 N–H and O–H groups in total. The molecule has 0 fully saturated rings. The van der Waals surface area contributed by atoms with Gasteiger partial charge in [0.2, 0.25) is 11.8 Å². The maximum atomic E-state index is 13.9. The Labute approximate surface area is 265 Å². The van der Waals surface area contributed by atoms with Gasteiger partial charge in [-0.1, -0.05) is 74.8 Å². The van der Waals surface area contributed by atoms with E-state index in [-0.39, 0.29) is 53.5 Å². The summed E-state index contributed by atoms with van der Waals surface area (Å²) in [6.07, 6.45) is 0.245. The number of amides is 3. The fourth-order valence-corrected chi connectivity index (χ4v) is 6.06. The summed E-state index contributed by atoms with van der Waals surface area (Å²) in [5.74, 6) is -1.48. The topological polar surface area (TPSA) is 116 Å². The Kier molecular flexibility index (Phi) is 11.6. The molecule has 44 heavy (non-hydrogen) atoms. The van der Waals surface area contributed by atoms with Crippen LogP contribution in [0.2, 0.25) is 5.02 Å². The van der Waals surface area contributed by atoms with Crippen LogP contribution < -0.4 is 20.4 Å². The fraction of sp³-hybridized carbons (Fsp3) is 0.364. The van der Waals surface area contributed by atoms with E-state index < -0.39 is 27.4 Å². The molecule has 0 aromatic heterocycles. The third-order valence-electron chi connectivity index (χ3n) is 6.74. The highest BCUT2D eigenvalue weighted by Crippen LogP contribution is 2.35. The quantitative estimate of drug-likeness (QED) is 0.281. The smallest absolute Gasteiger partial charge is 0.253 e. The summed E-state index contributed by atoms with van der Waals surface area (Å²) in [5, 5.41) is 6.12. The molecule has 3 aromatic carbocycles. The van der Waals surface area contributed by atoms with Gasteiger partial charge in [0, 0.05) is 45.6 Å².